The zero-order valence-corrected chi connectivity index (χ0v) is 15.2. The summed E-state index contributed by atoms with van der Waals surface area (Å²) in [5.74, 6) is -4.01. The fourth-order valence-electron chi connectivity index (χ4n) is 2.19. The Balaban J connectivity index is 2.69. The number of hydrogen-bond acceptors (Lipinski definition) is 6. The highest BCUT2D eigenvalue weighted by atomic mass is 16.3. The molecule has 0 saturated heterocycles. The van der Waals surface area contributed by atoms with E-state index in [0.717, 1.165) is 0 Å². The van der Waals surface area contributed by atoms with E-state index in [1.807, 2.05) is 0 Å². The summed E-state index contributed by atoms with van der Waals surface area (Å²) in [6.07, 6.45) is -1.71. The van der Waals surface area contributed by atoms with Crippen molar-refractivity contribution in [3.8, 4) is 0 Å². The van der Waals surface area contributed by atoms with Crippen molar-refractivity contribution in [2.75, 3.05) is 6.54 Å². The molecular formula is C17H23N5O6. The summed E-state index contributed by atoms with van der Waals surface area (Å²) < 4.78 is 0. The van der Waals surface area contributed by atoms with Gasteiger partial charge in [-0.15, -0.1) is 0 Å². The topological polar surface area (TPSA) is 194 Å². The first-order valence-electron chi connectivity index (χ1n) is 8.30. The van der Waals surface area contributed by atoms with Crippen LogP contribution in [-0.4, -0.2) is 59.4 Å². The Labute approximate surface area is 160 Å². The van der Waals surface area contributed by atoms with Crippen LogP contribution < -0.4 is 27.4 Å². The number of nitrogens with two attached hydrogens (primary N) is 2. The third-order valence-electron chi connectivity index (χ3n) is 3.59. The summed E-state index contributed by atoms with van der Waals surface area (Å²) in [4.78, 5) is 58.6. The largest absolute Gasteiger partial charge is 0.391 e. The van der Waals surface area contributed by atoms with E-state index in [0.29, 0.717) is 0 Å². The number of amides is 5. The molecule has 152 valence electrons. The van der Waals surface area contributed by atoms with Crippen molar-refractivity contribution < 1.29 is 29.1 Å². The highest BCUT2D eigenvalue weighted by molar-refractivity contribution is 5.99. The summed E-state index contributed by atoms with van der Waals surface area (Å²) in [7, 11) is 0. The zero-order valence-electron chi connectivity index (χ0n) is 15.2. The molecule has 28 heavy (non-hydrogen) atoms. The number of primary amides is 2. The van der Waals surface area contributed by atoms with E-state index in [9.17, 15) is 29.1 Å². The standard InChI is InChI=1S/C17H23N5O6/c1-9(23)14(15(19)26)22-13(25)8-20-17(28)11(7-12(18)24)21-16(27)10-5-3-2-4-6-10/h2-6,9,11,14,23H,7-8H2,1H3,(H2,18,24)(H2,19,26)(H,20,28)(H,21,27)(H,22,25)/t9-,11+,14+/m1/s1. The summed E-state index contributed by atoms with van der Waals surface area (Å²) in [6, 6.07) is 5.35. The minimum atomic E-state index is -1.33. The van der Waals surface area contributed by atoms with Crippen molar-refractivity contribution in [2.45, 2.75) is 31.5 Å². The molecule has 0 fully saturated rings. The van der Waals surface area contributed by atoms with Crippen molar-refractivity contribution in [2.24, 2.45) is 11.5 Å². The first-order chi connectivity index (χ1) is 13.1. The molecule has 0 radical (unpaired) electrons. The molecule has 0 unspecified atom stereocenters. The van der Waals surface area contributed by atoms with Crippen LogP contribution in [0.1, 0.15) is 23.7 Å². The molecule has 0 aromatic heterocycles. The van der Waals surface area contributed by atoms with Crippen molar-refractivity contribution in [1.29, 1.82) is 0 Å². The van der Waals surface area contributed by atoms with Gasteiger partial charge in [-0.3, -0.25) is 24.0 Å². The van der Waals surface area contributed by atoms with E-state index in [4.69, 9.17) is 11.5 Å². The highest BCUT2D eigenvalue weighted by Gasteiger charge is 2.26. The fraction of sp³-hybridized carbons (Fsp3) is 0.353. The van der Waals surface area contributed by atoms with E-state index >= 15 is 0 Å². The van der Waals surface area contributed by atoms with Gasteiger partial charge in [-0.05, 0) is 19.1 Å². The van der Waals surface area contributed by atoms with Crippen LogP contribution in [0, 0.1) is 0 Å². The van der Waals surface area contributed by atoms with Crippen molar-refractivity contribution >= 4 is 29.5 Å². The Morgan fingerprint density at radius 3 is 2.14 bits per heavy atom. The summed E-state index contributed by atoms with van der Waals surface area (Å²) in [5, 5.41) is 16.2. The average molecular weight is 393 g/mol. The Hall–Kier alpha value is -3.47. The van der Waals surface area contributed by atoms with Crippen LogP contribution >= 0.6 is 0 Å². The maximum absolute atomic E-state index is 12.2. The molecule has 1 aromatic carbocycles. The van der Waals surface area contributed by atoms with Gasteiger partial charge in [0.05, 0.1) is 19.1 Å². The number of benzene rings is 1. The molecular weight excluding hydrogens is 370 g/mol. The van der Waals surface area contributed by atoms with Gasteiger partial charge in [0.25, 0.3) is 5.91 Å². The van der Waals surface area contributed by atoms with Gasteiger partial charge in [0.1, 0.15) is 12.1 Å². The second-order valence-corrected chi connectivity index (χ2v) is 5.97. The maximum atomic E-state index is 12.2. The maximum Gasteiger partial charge on any atom is 0.251 e. The quantitative estimate of drug-likeness (QED) is 0.247. The molecule has 0 heterocycles. The van der Waals surface area contributed by atoms with Crippen molar-refractivity contribution in [3.05, 3.63) is 35.9 Å². The minimum Gasteiger partial charge on any atom is -0.391 e. The monoisotopic (exact) mass is 393 g/mol. The van der Waals surface area contributed by atoms with Crippen molar-refractivity contribution in [3.63, 3.8) is 0 Å². The third-order valence-corrected chi connectivity index (χ3v) is 3.59. The summed E-state index contributed by atoms with van der Waals surface area (Å²) >= 11 is 0. The predicted octanol–water partition coefficient (Wildman–Crippen LogP) is -2.87. The Morgan fingerprint density at radius 1 is 1.04 bits per heavy atom. The minimum absolute atomic E-state index is 0.267. The van der Waals surface area contributed by atoms with Crippen LogP contribution in [0.4, 0.5) is 0 Å². The molecule has 11 heteroatoms. The number of nitrogens with one attached hydrogen (secondary N) is 3. The fourth-order valence-corrected chi connectivity index (χ4v) is 2.19. The number of aliphatic hydroxyl groups excluding tert-OH is 1. The predicted molar refractivity (Wildman–Crippen MR) is 97.3 cm³/mol. The van der Waals surface area contributed by atoms with Gasteiger partial charge in [-0.25, -0.2) is 0 Å². The Bertz CT molecular complexity index is 737. The van der Waals surface area contributed by atoms with Crippen LogP contribution in [0.5, 0.6) is 0 Å². The van der Waals surface area contributed by atoms with Crippen LogP contribution in [0.25, 0.3) is 0 Å². The van der Waals surface area contributed by atoms with Gasteiger partial charge in [0, 0.05) is 5.56 Å². The van der Waals surface area contributed by atoms with Crippen LogP contribution in [-0.2, 0) is 19.2 Å². The van der Waals surface area contributed by atoms with Crippen LogP contribution in [0.15, 0.2) is 30.3 Å². The van der Waals surface area contributed by atoms with Gasteiger partial charge in [0.15, 0.2) is 0 Å². The normalized spacial score (nSPS) is 13.5. The molecule has 0 spiro atoms. The number of rotatable bonds is 10. The molecule has 8 N–H and O–H groups in total. The zero-order chi connectivity index (χ0) is 21.3. The van der Waals surface area contributed by atoms with Gasteiger partial charge in [-0.1, -0.05) is 18.2 Å². The first-order valence-corrected chi connectivity index (χ1v) is 8.30. The number of aliphatic hydroxyl groups is 1. The van der Waals surface area contributed by atoms with Gasteiger partial charge in [0.2, 0.25) is 23.6 Å². The SMILES string of the molecule is C[C@@H](O)[C@H](NC(=O)CNC(=O)[C@H](CC(N)=O)NC(=O)c1ccccc1)C(N)=O. The van der Waals surface area contributed by atoms with Gasteiger partial charge in [-0.2, -0.15) is 0 Å². The van der Waals surface area contributed by atoms with Crippen LogP contribution in [0.3, 0.4) is 0 Å². The van der Waals surface area contributed by atoms with Gasteiger partial charge < -0.3 is 32.5 Å². The Kier molecular flexibility index (Phi) is 8.56. The highest BCUT2D eigenvalue weighted by Crippen LogP contribution is 2.01. The molecule has 0 aliphatic heterocycles. The lowest BCUT2D eigenvalue weighted by Crippen LogP contribution is -2.54. The third kappa shape index (κ3) is 7.41. The molecule has 5 amide bonds. The second kappa shape index (κ2) is 10.6. The summed E-state index contributed by atoms with van der Waals surface area (Å²) in [6.45, 7) is 0.683. The number of hydrogen-bond donors (Lipinski definition) is 6. The van der Waals surface area contributed by atoms with Crippen molar-refractivity contribution in [1.82, 2.24) is 16.0 Å². The van der Waals surface area contributed by atoms with E-state index in [1.165, 1.54) is 19.1 Å². The molecule has 11 nitrogen and oxygen atoms in total. The molecule has 0 saturated carbocycles. The summed E-state index contributed by atoms with van der Waals surface area (Å²) in [5.41, 5.74) is 10.4. The van der Waals surface area contributed by atoms with E-state index < -0.39 is 60.7 Å². The number of carbonyl (C=O) groups is 5. The van der Waals surface area contributed by atoms with E-state index in [1.54, 1.807) is 18.2 Å². The number of carbonyl (C=O) groups excluding carboxylic acids is 5. The molecule has 3 atom stereocenters. The smallest absolute Gasteiger partial charge is 0.251 e. The first kappa shape index (κ1) is 22.6. The lowest BCUT2D eigenvalue weighted by molar-refractivity contribution is -0.131. The van der Waals surface area contributed by atoms with Gasteiger partial charge >= 0.3 is 0 Å². The lowest BCUT2D eigenvalue weighted by atomic mass is 10.1. The molecule has 1 rings (SSSR count). The lowest BCUT2D eigenvalue weighted by Gasteiger charge is -2.19. The molecule has 0 aliphatic rings. The average Bonchev–Trinajstić information content (AvgIpc) is 2.63. The Morgan fingerprint density at radius 2 is 1.64 bits per heavy atom. The second-order valence-electron chi connectivity index (χ2n) is 5.97. The van der Waals surface area contributed by atoms with E-state index in [-0.39, 0.29) is 5.56 Å². The molecule has 0 aliphatic carbocycles. The van der Waals surface area contributed by atoms with Crippen LogP contribution in [0.2, 0.25) is 0 Å². The molecule has 0 bridgehead atoms. The van der Waals surface area contributed by atoms with E-state index in [2.05, 4.69) is 16.0 Å². The molecule has 1 aromatic rings.